The summed E-state index contributed by atoms with van der Waals surface area (Å²) >= 11 is 0. The van der Waals surface area contributed by atoms with E-state index in [1.807, 2.05) is 30.9 Å². The Morgan fingerprint density at radius 3 is 2.55 bits per heavy atom. The van der Waals surface area contributed by atoms with Crippen LogP contribution in [0.5, 0.6) is 0 Å². The van der Waals surface area contributed by atoms with Gasteiger partial charge in [-0.1, -0.05) is 24.6 Å². The number of aliphatic hydroxyl groups is 1. The smallest absolute Gasteiger partial charge is 0.179 e. The Morgan fingerprint density at radius 1 is 1.32 bits per heavy atom. The monoisotopic (exact) mass is 326 g/mol. The first-order valence-electron chi connectivity index (χ1n) is 7.79. The van der Waals surface area contributed by atoms with Crippen LogP contribution in [0.3, 0.4) is 0 Å². The Balaban J connectivity index is 1.95. The van der Waals surface area contributed by atoms with Crippen LogP contribution in [0, 0.1) is 6.92 Å². The number of hydrogen-bond donors (Lipinski definition) is 2. The van der Waals surface area contributed by atoms with Crippen molar-refractivity contribution in [3.63, 3.8) is 0 Å². The Hall–Kier alpha value is -0.950. The zero-order valence-electron chi connectivity index (χ0n) is 13.4. The number of hydrogen-bond acceptors (Lipinski definition) is 5. The number of rotatable bonds is 7. The van der Waals surface area contributed by atoms with Crippen molar-refractivity contribution in [2.75, 3.05) is 38.5 Å². The fourth-order valence-corrected chi connectivity index (χ4v) is 4.03. The third-order valence-corrected chi connectivity index (χ3v) is 5.95. The van der Waals surface area contributed by atoms with Crippen LogP contribution in [0.2, 0.25) is 0 Å². The van der Waals surface area contributed by atoms with Crippen LogP contribution in [0.15, 0.2) is 29.2 Å². The Labute approximate surface area is 133 Å². The molecule has 22 heavy (non-hydrogen) atoms. The molecule has 5 nitrogen and oxygen atoms in total. The molecular formula is C16H26N2O3S. The molecule has 0 amide bonds. The van der Waals surface area contributed by atoms with Crippen LogP contribution in [0.25, 0.3) is 0 Å². The molecule has 1 aromatic carbocycles. The molecule has 1 heterocycles. The Morgan fingerprint density at radius 2 is 2.00 bits per heavy atom. The van der Waals surface area contributed by atoms with Gasteiger partial charge in [0, 0.05) is 19.6 Å². The molecule has 1 aliphatic heterocycles. The van der Waals surface area contributed by atoms with Gasteiger partial charge in [0.2, 0.25) is 0 Å². The Kier molecular flexibility index (Phi) is 5.60. The third-order valence-electron chi connectivity index (χ3n) is 4.24. The molecule has 1 saturated heterocycles. The van der Waals surface area contributed by atoms with Gasteiger partial charge in [0.05, 0.1) is 16.2 Å². The molecule has 2 rings (SSSR count). The van der Waals surface area contributed by atoms with Crippen LogP contribution in [0.4, 0.5) is 0 Å². The minimum atomic E-state index is -3.27. The van der Waals surface area contributed by atoms with Crippen LogP contribution in [0.1, 0.15) is 18.9 Å². The SMILES string of the molecule is CCN(CCS(=O)(=O)c1ccc(C)cc1)C[C@]1(O)CCNC1. The standard InChI is InChI=1S/C16H26N2O3S/c1-3-18(13-16(19)8-9-17-12-16)10-11-22(20,21)15-6-4-14(2)5-7-15/h4-7,17,19H,3,8-13H2,1-2H3/t16-/m0/s1. The number of benzene rings is 1. The van der Waals surface area contributed by atoms with E-state index in [1.165, 1.54) is 0 Å². The molecule has 6 heteroatoms. The second-order valence-corrected chi connectivity index (χ2v) is 8.26. The van der Waals surface area contributed by atoms with Gasteiger partial charge >= 0.3 is 0 Å². The highest BCUT2D eigenvalue weighted by Gasteiger charge is 2.32. The van der Waals surface area contributed by atoms with Gasteiger partial charge < -0.3 is 10.4 Å². The molecule has 1 atom stereocenters. The number of β-amino-alcohol motifs (C(OH)–C–C–N with tert-alkyl or cyclic N) is 1. The fraction of sp³-hybridized carbons (Fsp3) is 0.625. The zero-order chi connectivity index (χ0) is 16.2. The molecule has 0 unspecified atom stereocenters. The summed E-state index contributed by atoms with van der Waals surface area (Å²) < 4.78 is 24.8. The predicted molar refractivity (Wildman–Crippen MR) is 87.8 cm³/mol. The summed E-state index contributed by atoms with van der Waals surface area (Å²) in [4.78, 5) is 2.38. The van der Waals surface area contributed by atoms with E-state index >= 15 is 0 Å². The number of likely N-dealkylation sites (N-methyl/N-ethyl adjacent to an activating group) is 1. The summed E-state index contributed by atoms with van der Waals surface area (Å²) in [6.45, 7) is 7.00. The normalized spacial score (nSPS) is 22.4. The lowest BCUT2D eigenvalue weighted by molar-refractivity contribution is 0.0240. The summed E-state index contributed by atoms with van der Waals surface area (Å²) in [5, 5.41) is 13.6. The zero-order valence-corrected chi connectivity index (χ0v) is 14.2. The topological polar surface area (TPSA) is 69.6 Å². The molecule has 124 valence electrons. The van der Waals surface area contributed by atoms with Gasteiger partial charge in [-0.3, -0.25) is 4.90 Å². The lowest BCUT2D eigenvalue weighted by Gasteiger charge is -2.29. The van der Waals surface area contributed by atoms with E-state index < -0.39 is 15.4 Å². The maximum absolute atomic E-state index is 12.4. The minimum absolute atomic E-state index is 0.0768. The highest BCUT2D eigenvalue weighted by molar-refractivity contribution is 7.91. The van der Waals surface area contributed by atoms with E-state index in [9.17, 15) is 13.5 Å². The maximum Gasteiger partial charge on any atom is 0.179 e. The van der Waals surface area contributed by atoms with Crippen molar-refractivity contribution < 1.29 is 13.5 Å². The van der Waals surface area contributed by atoms with E-state index in [0.717, 1.165) is 18.7 Å². The number of nitrogens with zero attached hydrogens (tertiary/aromatic N) is 1. The summed E-state index contributed by atoms with van der Waals surface area (Å²) in [5.41, 5.74) is 0.314. The van der Waals surface area contributed by atoms with Gasteiger partial charge in [0.25, 0.3) is 0 Å². The number of sulfone groups is 1. The van der Waals surface area contributed by atoms with Crippen molar-refractivity contribution >= 4 is 9.84 Å². The van der Waals surface area contributed by atoms with Crippen molar-refractivity contribution in [1.29, 1.82) is 0 Å². The molecule has 0 aromatic heterocycles. The van der Waals surface area contributed by atoms with Gasteiger partial charge in [-0.15, -0.1) is 0 Å². The summed E-state index contributed by atoms with van der Waals surface area (Å²) in [7, 11) is -3.27. The lowest BCUT2D eigenvalue weighted by Crippen LogP contribution is -2.45. The van der Waals surface area contributed by atoms with Crippen molar-refractivity contribution in [2.45, 2.75) is 30.8 Å². The lowest BCUT2D eigenvalue weighted by atomic mass is 10.0. The van der Waals surface area contributed by atoms with Crippen molar-refractivity contribution in [2.24, 2.45) is 0 Å². The van der Waals surface area contributed by atoms with Gasteiger partial charge in [-0.25, -0.2) is 8.42 Å². The molecule has 0 spiro atoms. The summed E-state index contributed by atoms with van der Waals surface area (Å²) in [6.07, 6.45) is 0.716. The first-order valence-corrected chi connectivity index (χ1v) is 9.45. The highest BCUT2D eigenvalue weighted by atomic mass is 32.2. The predicted octanol–water partition coefficient (Wildman–Crippen LogP) is 0.815. The van der Waals surface area contributed by atoms with Crippen LogP contribution >= 0.6 is 0 Å². The molecule has 0 bridgehead atoms. The first-order chi connectivity index (χ1) is 10.3. The summed E-state index contributed by atoms with van der Waals surface area (Å²) in [6, 6.07) is 6.96. The summed E-state index contributed by atoms with van der Waals surface area (Å²) in [5.74, 6) is 0.0768. The molecule has 2 N–H and O–H groups in total. The molecule has 1 aliphatic rings. The van der Waals surface area contributed by atoms with E-state index in [-0.39, 0.29) is 5.75 Å². The van der Waals surface area contributed by atoms with Crippen molar-refractivity contribution in [3.05, 3.63) is 29.8 Å². The van der Waals surface area contributed by atoms with Gasteiger partial charge in [0.15, 0.2) is 9.84 Å². The first kappa shape index (κ1) is 17.4. The van der Waals surface area contributed by atoms with E-state index in [0.29, 0.717) is 31.0 Å². The average Bonchev–Trinajstić information content (AvgIpc) is 2.91. The second-order valence-electron chi connectivity index (χ2n) is 6.15. The van der Waals surface area contributed by atoms with E-state index in [2.05, 4.69) is 5.32 Å². The molecular weight excluding hydrogens is 300 g/mol. The van der Waals surface area contributed by atoms with Gasteiger partial charge in [-0.2, -0.15) is 0 Å². The molecule has 1 fully saturated rings. The number of nitrogens with one attached hydrogen (secondary N) is 1. The molecule has 0 saturated carbocycles. The Bertz CT molecular complexity index is 578. The molecule has 1 aromatic rings. The largest absolute Gasteiger partial charge is 0.387 e. The fourth-order valence-electron chi connectivity index (χ4n) is 2.74. The van der Waals surface area contributed by atoms with Crippen LogP contribution in [-0.2, 0) is 9.84 Å². The molecule has 0 radical (unpaired) electrons. The quantitative estimate of drug-likeness (QED) is 0.776. The minimum Gasteiger partial charge on any atom is -0.387 e. The van der Waals surface area contributed by atoms with Crippen LogP contribution in [-0.4, -0.2) is 62.5 Å². The van der Waals surface area contributed by atoms with E-state index in [1.54, 1.807) is 12.1 Å². The van der Waals surface area contributed by atoms with Crippen molar-refractivity contribution in [3.8, 4) is 0 Å². The third kappa shape index (κ3) is 4.52. The second kappa shape index (κ2) is 7.08. The van der Waals surface area contributed by atoms with Crippen LogP contribution < -0.4 is 5.32 Å². The molecule has 0 aliphatic carbocycles. The van der Waals surface area contributed by atoms with Gasteiger partial charge in [-0.05, 0) is 38.6 Å². The average molecular weight is 326 g/mol. The maximum atomic E-state index is 12.4. The van der Waals surface area contributed by atoms with Gasteiger partial charge in [0.1, 0.15) is 0 Å². The highest BCUT2D eigenvalue weighted by Crippen LogP contribution is 2.17. The van der Waals surface area contributed by atoms with E-state index in [4.69, 9.17) is 0 Å². The number of aryl methyl sites for hydroxylation is 1. The van der Waals surface area contributed by atoms with Crippen molar-refractivity contribution in [1.82, 2.24) is 10.2 Å².